The second kappa shape index (κ2) is 8.52. The molecule has 0 bridgehead atoms. The maximum atomic E-state index is 13.1. The fraction of sp³-hybridized carbons (Fsp3) is 0.600. The second-order valence-electron chi connectivity index (χ2n) is 7.25. The molecule has 2 aliphatic rings. The Morgan fingerprint density at radius 2 is 2.04 bits per heavy atom. The Labute approximate surface area is 155 Å². The third-order valence-electron chi connectivity index (χ3n) is 5.26. The van der Waals surface area contributed by atoms with Crippen molar-refractivity contribution < 1.29 is 9.18 Å². The van der Waals surface area contributed by atoms with E-state index in [0.29, 0.717) is 13.0 Å². The van der Waals surface area contributed by atoms with Gasteiger partial charge in [-0.1, -0.05) is 12.1 Å². The van der Waals surface area contributed by atoms with Gasteiger partial charge in [0, 0.05) is 38.0 Å². The molecule has 0 radical (unpaired) electrons. The quantitative estimate of drug-likeness (QED) is 0.425. The minimum Gasteiger partial charge on any atom is -0.357 e. The van der Waals surface area contributed by atoms with Crippen LogP contribution in [0.25, 0.3) is 0 Å². The Hall–Kier alpha value is -2.11. The summed E-state index contributed by atoms with van der Waals surface area (Å²) in [6.07, 6.45) is 4.79. The number of nitrogens with zero attached hydrogens (tertiary/aromatic N) is 2. The first-order valence-electron chi connectivity index (χ1n) is 9.69. The number of halogens is 1. The van der Waals surface area contributed by atoms with Crippen LogP contribution in [0.2, 0.25) is 0 Å². The van der Waals surface area contributed by atoms with Gasteiger partial charge in [0.1, 0.15) is 5.82 Å². The number of carbonyl (C=O) groups is 1. The molecule has 1 saturated heterocycles. The Bertz CT molecular complexity index is 640. The van der Waals surface area contributed by atoms with E-state index in [1.54, 1.807) is 0 Å². The SMILES string of the molecule is CCNC(=NCC1(c2ccc(F)cc2)CC1)NCCCN1CCCC1=O. The van der Waals surface area contributed by atoms with Gasteiger partial charge in [-0.25, -0.2) is 4.39 Å². The Morgan fingerprint density at radius 1 is 1.27 bits per heavy atom. The van der Waals surface area contributed by atoms with Gasteiger partial charge in [-0.05, 0) is 50.3 Å². The van der Waals surface area contributed by atoms with E-state index in [0.717, 1.165) is 57.8 Å². The Morgan fingerprint density at radius 3 is 2.65 bits per heavy atom. The van der Waals surface area contributed by atoms with Crippen molar-refractivity contribution in [2.24, 2.45) is 4.99 Å². The second-order valence-corrected chi connectivity index (χ2v) is 7.25. The molecule has 2 fully saturated rings. The van der Waals surface area contributed by atoms with Gasteiger partial charge in [0.05, 0.1) is 6.54 Å². The third-order valence-corrected chi connectivity index (χ3v) is 5.26. The van der Waals surface area contributed by atoms with Gasteiger partial charge in [-0.2, -0.15) is 0 Å². The molecule has 0 atom stereocenters. The average molecular weight is 360 g/mol. The monoisotopic (exact) mass is 360 g/mol. The van der Waals surface area contributed by atoms with Crippen molar-refractivity contribution in [3.05, 3.63) is 35.6 Å². The number of rotatable bonds is 8. The number of amides is 1. The molecule has 6 heteroatoms. The number of carbonyl (C=O) groups excluding carboxylic acids is 1. The summed E-state index contributed by atoms with van der Waals surface area (Å²) in [5.41, 5.74) is 1.24. The molecule has 3 rings (SSSR count). The summed E-state index contributed by atoms with van der Waals surface area (Å²) in [6, 6.07) is 6.82. The number of hydrogen-bond donors (Lipinski definition) is 2. The summed E-state index contributed by atoms with van der Waals surface area (Å²) < 4.78 is 13.1. The molecule has 1 amide bonds. The first-order chi connectivity index (χ1) is 12.6. The van der Waals surface area contributed by atoms with Crippen molar-refractivity contribution in [1.82, 2.24) is 15.5 Å². The average Bonchev–Trinajstić information content (AvgIpc) is 3.32. The number of aliphatic imine (C=N–C) groups is 1. The van der Waals surface area contributed by atoms with Gasteiger partial charge in [0.25, 0.3) is 0 Å². The predicted octanol–water partition coefficient (Wildman–Crippen LogP) is 2.42. The standard InChI is InChI=1S/C20H29FN4O/c1-2-22-19(23-12-4-14-25-13-3-5-18(25)26)24-15-20(10-11-20)16-6-8-17(21)9-7-16/h6-9H,2-5,10-15H2,1H3,(H2,22,23,24). The molecule has 0 spiro atoms. The highest BCUT2D eigenvalue weighted by atomic mass is 19.1. The molecule has 1 aromatic carbocycles. The predicted molar refractivity (Wildman–Crippen MR) is 102 cm³/mol. The highest BCUT2D eigenvalue weighted by Crippen LogP contribution is 2.48. The van der Waals surface area contributed by atoms with Crippen LogP contribution in [-0.4, -0.2) is 49.5 Å². The van der Waals surface area contributed by atoms with Crippen LogP contribution < -0.4 is 10.6 Å². The van der Waals surface area contributed by atoms with Crippen LogP contribution in [0.15, 0.2) is 29.3 Å². The minimum absolute atomic E-state index is 0.0675. The van der Waals surface area contributed by atoms with E-state index >= 15 is 0 Å². The van der Waals surface area contributed by atoms with Crippen molar-refractivity contribution in [3.63, 3.8) is 0 Å². The van der Waals surface area contributed by atoms with Crippen molar-refractivity contribution in [2.75, 3.05) is 32.7 Å². The molecule has 1 heterocycles. The van der Waals surface area contributed by atoms with Gasteiger partial charge in [0.15, 0.2) is 5.96 Å². The summed E-state index contributed by atoms with van der Waals surface area (Å²) in [5, 5.41) is 6.64. The number of hydrogen-bond acceptors (Lipinski definition) is 2. The van der Waals surface area contributed by atoms with Gasteiger partial charge >= 0.3 is 0 Å². The van der Waals surface area contributed by atoms with Crippen molar-refractivity contribution in [1.29, 1.82) is 0 Å². The number of guanidine groups is 1. The lowest BCUT2D eigenvalue weighted by atomic mass is 9.96. The zero-order valence-corrected chi connectivity index (χ0v) is 15.6. The molecule has 26 heavy (non-hydrogen) atoms. The van der Waals surface area contributed by atoms with Crippen LogP contribution in [0.4, 0.5) is 4.39 Å². The number of likely N-dealkylation sites (tertiary alicyclic amines) is 1. The lowest BCUT2D eigenvalue weighted by molar-refractivity contribution is -0.127. The van der Waals surface area contributed by atoms with E-state index in [4.69, 9.17) is 4.99 Å². The molecule has 142 valence electrons. The van der Waals surface area contributed by atoms with Gasteiger partial charge in [-0.3, -0.25) is 9.79 Å². The molecule has 0 unspecified atom stereocenters. The summed E-state index contributed by atoms with van der Waals surface area (Å²) >= 11 is 0. The van der Waals surface area contributed by atoms with Gasteiger partial charge < -0.3 is 15.5 Å². The van der Waals surface area contributed by atoms with E-state index in [2.05, 4.69) is 10.6 Å². The highest BCUT2D eigenvalue weighted by molar-refractivity contribution is 5.80. The fourth-order valence-electron chi connectivity index (χ4n) is 3.48. The maximum Gasteiger partial charge on any atom is 0.222 e. The van der Waals surface area contributed by atoms with Crippen LogP contribution in [0, 0.1) is 5.82 Å². The number of nitrogens with one attached hydrogen (secondary N) is 2. The highest BCUT2D eigenvalue weighted by Gasteiger charge is 2.44. The third kappa shape index (κ3) is 4.74. The van der Waals surface area contributed by atoms with Crippen LogP contribution in [0.3, 0.4) is 0 Å². The maximum absolute atomic E-state index is 13.1. The van der Waals surface area contributed by atoms with E-state index in [1.807, 2.05) is 24.0 Å². The van der Waals surface area contributed by atoms with Gasteiger partial charge in [0.2, 0.25) is 5.91 Å². The molecule has 5 nitrogen and oxygen atoms in total. The molecule has 1 aliphatic heterocycles. The zero-order chi connectivity index (χ0) is 18.4. The largest absolute Gasteiger partial charge is 0.357 e. The topological polar surface area (TPSA) is 56.7 Å². The summed E-state index contributed by atoms with van der Waals surface area (Å²) in [4.78, 5) is 18.3. The molecular weight excluding hydrogens is 331 g/mol. The smallest absolute Gasteiger partial charge is 0.222 e. The van der Waals surface area contributed by atoms with Crippen molar-refractivity contribution in [2.45, 2.75) is 44.4 Å². The molecule has 1 saturated carbocycles. The van der Waals surface area contributed by atoms with E-state index in [9.17, 15) is 9.18 Å². The van der Waals surface area contributed by atoms with Crippen LogP contribution in [0.5, 0.6) is 0 Å². The summed E-state index contributed by atoms with van der Waals surface area (Å²) in [6.45, 7) is 6.06. The van der Waals surface area contributed by atoms with E-state index in [-0.39, 0.29) is 17.1 Å². The van der Waals surface area contributed by atoms with Crippen molar-refractivity contribution in [3.8, 4) is 0 Å². The molecular formula is C20H29FN4O. The zero-order valence-electron chi connectivity index (χ0n) is 15.6. The molecule has 0 aromatic heterocycles. The normalized spacial score (nSPS) is 18.9. The molecule has 2 N–H and O–H groups in total. The first-order valence-corrected chi connectivity index (χ1v) is 9.69. The summed E-state index contributed by atoms with van der Waals surface area (Å²) in [5.74, 6) is 0.897. The Balaban J connectivity index is 1.49. The lowest BCUT2D eigenvalue weighted by Crippen LogP contribution is -2.39. The van der Waals surface area contributed by atoms with E-state index in [1.165, 1.54) is 17.7 Å². The number of benzene rings is 1. The van der Waals surface area contributed by atoms with Crippen LogP contribution >= 0.6 is 0 Å². The van der Waals surface area contributed by atoms with Gasteiger partial charge in [-0.15, -0.1) is 0 Å². The summed E-state index contributed by atoms with van der Waals surface area (Å²) in [7, 11) is 0. The first kappa shape index (κ1) is 18.7. The fourth-order valence-corrected chi connectivity index (χ4v) is 3.48. The van der Waals surface area contributed by atoms with E-state index < -0.39 is 0 Å². The molecule has 1 aliphatic carbocycles. The molecule has 1 aromatic rings. The van der Waals surface area contributed by atoms with Crippen LogP contribution in [0.1, 0.15) is 44.6 Å². The van der Waals surface area contributed by atoms with Crippen molar-refractivity contribution >= 4 is 11.9 Å². The van der Waals surface area contributed by atoms with Crippen LogP contribution in [-0.2, 0) is 10.2 Å². The lowest BCUT2D eigenvalue weighted by Gasteiger charge is -2.18. The minimum atomic E-state index is -0.195. The Kier molecular flexibility index (Phi) is 6.12.